The molecule has 29 heavy (non-hydrogen) atoms. The molecule has 1 aromatic heterocycles. The van der Waals surface area contributed by atoms with Crippen LogP contribution < -0.4 is 5.32 Å². The molecule has 0 saturated carbocycles. The molecule has 1 heterocycles. The number of hydrogen-bond donors (Lipinski definition) is 1. The van der Waals surface area contributed by atoms with E-state index in [0.717, 1.165) is 30.6 Å². The van der Waals surface area contributed by atoms with Gasteiger partial charge in [0.2, 0.25) is 0 Å². The molecule has 146 valence electrons. The number of nitrogens with zero attached hydrogens (tertiary/aromatic N) is 1. The lowest BCUT2D eigenvalue weighted by molar-refractivity contribution is 0.102. The zero-order chi connectivity index (χ0) is 20.1. The van der Waals surface area contributed by atoms with Gasteiger partial charge in [0.15, 0.2) is 0 Å². The van der Waals surface area contributed by atoms with Gasteiger partial charge in [0.25, 0.3) is 5.91 Å². The van der Waals surface area contributed by atoms with E-state index in [4.69, 9.17) is 11.6 Å². The van der Waals surface area contributed by atoms with Crippen LogP contribution in [-0.2, 0) is 13.0 Å². The molecule has 0 fully saturated rings. The summed E-state index contributed by atoms with van der Waals surface area (Å²) in [5.41, 5.74) is 5.04. The zero-order valence-corrected chi connectivity index (χ0v) is 16.9. The SMILES string of the molecule is O=C(Nc1ccccc1)c1cccc(Cc2ccc3c(ccn3CCCCl)c2)c1. The predicted molar refractivity (Wildman–Crippen MR) is 121 cm³/mol. The summed E-state index contributed by atoms with van der Waals surface area (Å²) in [5, 5.41) is 4.17. The van der Waals surface area contributed by atoms with E-state index in [1.165, 1.54) is 16.5 Å². The first-order valence-electron chi connectivity index (χ1n) is 9.82. The number of anilines is 1. The molecule has 4 heteroatoms. The van der Waals surface area contributed by atoms with Gasteiger partial charge in [0.1, 0.15) is 0 Å². The lowest BCUT2D eigenvalue weighted by atomic mass is 10.0. The van der Waals surface area contributed by atoms with Crippen LogP contribution in [0.2, 0.25) is 0 Å². The zero-order valence-electron chi connectivity index (χ0n) is 16.1. The number of amides is 1. The van der Waals surface area contributed by atoms with Crippen LogP contribution in [0.15, 0.2) is 85.1 Å². The molecule has 0 bridgehead atoms. The number of aromatic nitrogens is 1. The highest BCUT2D eigenvalue weighted by Gasteiger charge is 2.08. The van der Waals surface area contributed by atoms with Crippen LogP contribution in [0, 0.1) is 0 Å². The van der Waals surface area contributed by atoms with Crippen molar-refractivity contribution in [3.63, 3.8) is 0 Å². The number of halogens is 1. The fourth-order valence-corrected chi connectivity index (χ4v) is 3.69. The summed E-state index contributed by atoms with van der Waals surface area (Å²) < 4.78 is 2.25. The van der Waals surface area contributed by atoms with Crippen LogP contribution in [0.5, 0.6) is 0 Å². The van der Waals surface area contributed by atoms with E-state index in [1.807, 2.05) is 48.5 Å². The number of nitrogens with one attached hydrogen (secondary N) is 1. The smallest absolute Gasteiger partial charge is 0.255 e. The van der Waals surface area contributed by atoms with Crippen molar-refractivity contribution in [2.75, 3.05) is 11.2 Å². The normalized spacial score (nSPS) is 10.9. The maximum atomic E-state index is 12.6. The fraction of sp³-hybridized carbons (Fsp3) is 0.160. The van der Waals surface area contributed by atoms with E-state index >= 15 is 0 Å². The van der Waals surface area contributed by atoms with Gasteiger partial charge in [0.05, 0.1) is 0 Å². The van der Waals surface area contributed by atoms with Gasteiger partial charge < -0.3 is 9.88 Å². The summed E-state index contributed by atoms with van der Waals surface area (Å²) in [6, 6.07) is 26.0. The Morgan fingerprint density at radius 2 is 1.72 bits per heavy atom. The summed E-state index contributed by atoms with van der Waals surface area (Å²) in [5.74, 6) is 0.580. The number of carbonyl (C=O) groups is 1. The summed E-state index contributed by atoms with van der Waals surface area (Å²) in [6.45, 7) is 0.935. The molecule has 3 nitrogen and oxygen atoms in total. The first-order chi connectivity index (χ1) is 14.2. The van der Waals surface area contributed by atoms with Crippen LogP contribution in [0.25, 0.3) is 10.9 Å². The molecule has 3 aromatic carbocycles. The Labute approximate surface area is 175 Å². The molecular weight excluding hydrogens is 380 g/mol. The van der Waals surface area contributed by atoms with Crippen molar-refractivity contribution >= 4 is 34.1 Å². The van der Waals surface area contributed by atoms with Crippen LogP contribution in [0.1, 0.15) is 27.9 Å². The van der Waals surface area contributed by atoms with Crippen LogP contribution in [0.4, 0.5) is 5.69 Å². The van der Waals surface area contributed by atoms with E-state index in [1.54, 1.807) is 0 Å². The van der Waals surface area contributed by atoms with Gasteiger partial charge in [-0.3, -0.25) is 4.79 Å². The van der Waals surface area contributed by atoms with Crippen molar-refractivity contribution in [2.45, 2.75) is 19.4 Å². The Morgan fingerprint density at radius 3 is 2.55 bits per heavy atom. The molecule has 0 spiro atoms. The largest absolute Gasteiger partial charge is 0.347 e. The third-order valence-corrected chi connectivity index (χ3v) is 5.26. The summed E-state index contributed by atoms with van der Waals surface area (Å²) in [7, 11) is 0. The van der Waals surface area contributed by atoms with Crippen LogP contribution >= 0.6 is 11.6 Å². The quantitative estimate of drug-likeness (QED) is 0.371. The second-order valence-corrected chi connectivity index (χ2v) is 7.52. The van der Waals surface area contributed by atoms with E-state index in [9.17, 15) is 4.79 Å². The Balaban J connectivity index is 1.49. The number of aryl methyl sites for hydroxylation is 1. The second-order valence-electron chi connectivity index (χ2n) is 7.14. The molecule has 0 unspecified atom stereocenters. The van der Waals surface area contributed by atoms with Crippen molar-refractivity contribution < 1.29 is 4.79 Å². The fourth-order valence-electron chi connectivity index (χ4n) is 3.57. The minimum Gasteiger partial charge on any atom is -0.347 e. The Bertz CT molecular complexity index is 1120. The first-order valence-corrected chi connectivity index (χ1v) is 10.4. The van der Waals surface area contributed by atoms with Crippen molar-refractivity contribution in [3.8, 4) is 0 Å². The van der Waals surface area contributed by atoms with Crippen LogP contribution in [-0.4, -0.2) is 16.4 Å². The van der Waals surface area contributed by atoms with Crippen molar-refractivity contribution in [3.05, 3.63) is 102 Å². The lowest BCUT2D eigenvalue weighted by Crippen LogP contribution is -2.12. The highest BCUT2D eigenvalue weighted by atomic mass is 35.5. The van der Waals surface area contributed by atoms with E-state index < -0.39 is 0 Å². The van der Waals surface area contributed by atoms with Crippen molar-refractivity contribution in [1.82, 2.24) is 4.57 Å². The first kappa shape index (κ1) is 19.3. The maximum Gasteiger partial charge on any atom is 0.255 e. The average Bonchev–Trinajstić information content (AvgIpc) is 3.15. The van der Waals surface area contributed by atoms with E-state index in [-0.39, 0.29) is 5.91 Å². The number of rotatable bonds is 7. The third kappa shape index (κ3) is 4.69. The molecule has 1 N–H and O–H groups in total. The van der Waals surface area contributed by atoms with Gasteiger partial charge in [-0.25, -0.2) is 0 Å². The minimum absolute atomic E-state index is 0.0927. The molecule has 4 rings (SSSR count). The maximum absolute atomic E-state index is 12.6. The van der Waals surface area contributed by atoms with Gasteiger partial charge in [0, 0.05) is 35.4 Å². The van der Waals surface area contributed by atoms with E-state index in [2.05, 4.69) is 46.4 Å². The number of carbonyl (C=O) groups excluding carboxylic acids is 1. The highest BCUT2D eigenvalue weighted by Crippen LogP contribution is 2.21. The molecule has 1 amide bonds. The molecule has 0 aliphatic heterocycles. The van der Waals surface area contributed by atoms with Gasteiger partial charge >= 0.3 is 0 Å². The lowest BCUT2D eigenvalue weighted by Gasteiger charge is -2.08. The van der Waals surface area contributed by atoms with Gasteiger partial charge in [-0.15, -0.1) is 11.6 Å². The number of para-hydroxylation sites is 1. The summed E-state index contributed by atoms with van der Waals surface area (Å²) >= 11 is 5.82. The topological polar surface area (TPSA) is 34.0 Å². The van der Waals surface area contributed by atoms with Gasteiger partial charge in [-0.05, 0) is 71.8 Å². The van der Waals surface area contributed by atoms with Crippen LogP contribution in [0.3, 0.4) is 0 Å². The second kappa shape index (κ2) is 8.97. The number of fused-ring (bicyclic) bond motifs is 1. The highest BCUT2D eigenvalue weighted by molar-refractivity contribution is 6.17. The van der Waals surface area contributed by atoms with E-state index in [0.29, 0.717) is 11.4 Å². The Morgan fingerprint density at radius 1 is 0.897 bits per heavy atom. The molecule has 4 aromatic rings. The number of benzene rings is 3. The molecule has 0 saturated heterocycles. The Kier molecular flexibility index (Phi) is 5.97. The molecule has 0 atom stereocenters. The average molecular weight is 403 g/mol. The molecule has 0 aliphatic carbocycles. The molecule has 0 aliphatic rings. The number of alkyl halides is 1. The molecular formula is C25H23ClN2O. The summed E-state index contributed by atoms with van der Waals surface area (Å²) in [4.78, 5) is 12.6. The third-order valence-electron chi connectivity index (χ3n) is 5.00. The monoisotopic (exact) mass is 402 g/mol. The van der Waals surface area contributed by atoms with Crippen molar-refractivity contribution in [2.24, 2.45) is 0 Å². The Hall–Kier alpha value is -3.04. The predicted octanol–water partition coefficient (Wildman–Crippen LogP) is 6.11. The minimum atomic E-state index is -0.0927. The van der Waals surface area contributed by atoms with Gasteiger partial charge in [-0.1, -0.05) is 36.4 Å². The summed E-state index contributed by atoms with van der Waals surface area (Å²) in [6.07, 6.45) is 3.87. The number of hydrogen-bond acceptors (Lipinski definition) is 1. The molecule has 0 radical (unpaired) electrons. The van der Waals surface area contributed by atoms with Crippen molar-refractivity contribution in [1.29, 1.82) is 0 Å². The van der Waals surface area contributed by atoms with Gasteiger partial charge in [-0.2, -0.15) is 0 Å². The standard InChI is InChI=1S/C25H23ClN2O/c26-13-5-14-28-15-12-21-17-20(10-11-24(21)28)16-19-6-4-7-22(18-19)25(29)27-23-8-2-1-3-9-23/h1-4,6-12,15,17-18H,5,13-14,16H2,(H,27,29).